The van der Waals surface area contributed by atoms with E-state index in [4.69, 9.17) is 11.6 Å². The summed E-state index contributed by atoms with van der Waals surface area (Å²) in [6.45, 7) is 1.94. The lowest BCUT2D eigenvalue weighted by Gasteiger charge is -2.01. The summed E-state index contributed by atoms with van der Waals surface area (Å²) in [6.07, 6.45) is 3.23. The molecule has 2 nitrogen and oxygen atoms in total. The molecule has 1 N–H and O–H groups in total. The van der Waals surface area contributed by atoms with Gasteiger partial charge in [0.1, 0.15) is 0 Å². The molecule has 0 aliphatic heterocycles. The zero-order valence-corrected chi connectivity index (χ0v) is 11.3. The van der Waals surface area contributed by atoms with Crippen LogP contribution in [0.15, 0.2) is 54.6 Å². The molecular weight excluding hydrogens is 258 g/mol. The summed E-state index contributed by atoms with van der Waals surface area (Å²) >= 11 is 6.02. The van der Waals surface area contributed by atoms with Crippen LogP contribution in [0.3, 0.4) is 0 Å². The zero-order chi connectivity index (χ0) is 13.7. The quantitative estimate of drug-likeness (QED) is 0.829. The Morgan fingerprint density at radius 1 is 1.16 bits per heavy atom. The first-order chi connectivity index (χ1) is 9.15. The number of benzene rings is 2. The number of aryl methyl sites for hydroxylation is 1. The largest absolute Gasteiger partial charge is 0.323 e. The van der Waals surface area contributed by atoms with Gasteiger partial charge in [-0.2, -0.15) is 0 Å². The van der Waals surface area contributed by atoms with E-state index in [0.717, 1.165) is 16.8 Å². The van der Waals surface area contributed by atoms with Crippen molar-refractivity contribution < 1.29 is 4.79 Å². The van der Waals surface area contributed by atoms with Crippen molar-refractivity contribution in [3.8, 4) is 0 Å². The number of rotatable bonds is 3. The van der Waals surface area contributed by atoms with Crippen LogP contribution in [0.25, 0.3) is 6.08 Å². The van der Waals surface area contributed by atoms with Crippen LogP contribution in [0.1, 0.15) is 11.1 Å². The highest BCUT2D eigenvalue weighted by molar-refractivity contribution is 6.31. The predicted octanol–water partition coefficient (Wildman–Crippen LogP) is 4.30. The van der Waals surface area contributed by atoms with E-state index < -0.39 is 0 Å². The van der Waals surface area contributed by atoms with Crippen molar-refractivity contribution >= 4 is 29.3 Å². The number of para-hydroxylation sites is 1. The highest BCUT2D eigenvalue weighted by Gasteiger charge is 1.98. The first-order valence-electron chi connectivity index (χ1n) is 5.95. The third kappa shape index (κ3) is 3.97. The summed E-state index contributed by atoms with van der Waals surface area (Å²) in [4.78, 5) is 11.7. The lowest BCUT2D eigenvalue weighted by molar-refractivity contribution is -0.111. The summed E-state index contributed by atoms with van der Waals surface area (Å²) in [5.74, 6) is -0.164. The van der Waals surface area contributed by atoms with Gasteiger partial charge in [0.25, 0.3) is 0 Å². The number of amides is 1. The normalized spacial score (nSPS) is 10.6. The number of carbonyl (C=O) groups is 1. The van der Waals surface area contributed by atoms with E-state index in [2.05, 4.69) is 5.32 Å². The lowest BCUT2D eigenvalue weighted by Crippen LogP contribution is -2.07. The molecule has 19 heavy (non-hydrogen) atoms. The maximum atomic E-state index is 11.7. The minimum atomic E-state index is -0.164. The average molecular weight is 272 g/mol. The van der Waals surface area contributed by atoms with Crippen molar-refractivity contribution in [2.45, 2.75) is 6.92 Å². The molecule has 0 saturated carbocycles. The van der Waals surface area contributed by atoms with E-state index in [1.54, 1.807) is 6.08 Å². The Balaban J connectivity index is 2.02. The second-order valence-electron chi connectivity index (χ2n) is 4.20. The van der Waals surface area contributed by atoms with E-state index in [1.165, 1.54) is 6.08 Å². The van der Waals surface area contributed by atoms with Gasteiger partial charge >= 0.3 is 0 Å². The molecule has 0 unspecified atom stereocenters. The number of halogens is 1. The molecule has 0 heterocycles. The second kappa shape index (κ2) is 6.21. The zero-order valence-electron chi connectivity index (χ0n) is 10.6. The SMILES string of the molecule is Cc1ccc(/C=C/C(=O)Nc2ccccc2)cc1Cl. The van der Waals surface area contributed by atoms with Gasteiger partial charge in [0.05, 0.1) is 0 Å². The molecule has 0 aliphatic carbocycles. The topological polar surface area (TPSA) is 29.1 Å². The lowest BCUT2D eigenvalue weighted by atomic mass is 10.1. The third-order valence-corrected chi connectivity index (χ3v) is 3.07. The van der Waals surface area contributed by atoms with Gasteiger partial charge < -0.3 is 5.32 Å². The first-order valence-corrected chi connectivity index (χ1v) is 6.33. The second-order valence-corrected chi connectivity index (χ2v) is 4.60. The van der Waals surface area contributed by atoms with E-state index in [0.29, 0.717) is 5.02 Å². The van der Waals surface area contributed by atoms with E-state index in [1.807, 2.05) is 55.5 Å². The maximum Gasteiger partial charge on any atom is 0.248 e. The van der Waals surface area contributed by atoms with Crippen molar-refractivity contribution in [3.63, 3.8) is 0 Å². The van der Waals surface area contributed by atoms with Crippen molar-refractivity contribution in [2.75, 3.05) is 5.32 Å². The number of hydrogen-bond donors (Lipinski definition) is 1. The predicted molar refractivity (Wildman–Crippen MR) is 80.3 cm³/mol. The van der Waals surface area contributed by atoms with Crippen LogP contribution in [0.2, 0.25) is 5.02 Å². The number of nitrogens with one attached hydrogen (secondary N) is 1. The molecule has 96 valence electrons. The molecule has 0 radical (unpaired) electrons. The Hall–Kier alpha value is -2.06. The fourth-order valence-corrected chi connectivity index (χ4v) is 1.78. The molecule has 2 aromatic carbocycles. The van der Waals surface area contributed by atoms with Gasteiger partial charge in [-0.15, -0.1) is 0 Å². The summed E-state index contributed by atoms with van der Waals surface area (Å²) in [5, 5.41) is 3.48. The van der Waals surface area contributed by atoms with Gasteiger partial charge in [-0.3, -0.25) is 4.79 Å². The molecule has 0 atom stereocenters. The van der Waals surface area contributed by atoms with Crippen molar-refractivity contribution in [1.82, 2.24) is 0 Å². The summed E-state index contributed by atoms with van der Waals surface area (Å²) in [6, 6.07) is 15.0. The van der Waals surface area contributed by atoms with Crippen LogP contribution in [-0.2, 0) is 4.79 Å². The Bertz CT molecular complexity index is 605. The first kappa shape index (κ1) is 13.4. The monoisotopic (exact) mass is 271 g/mol. The van der Waals surface area contributed by atoms with Crippen molar-refractivity contribution in [1.29, 1.82) is 0 Å². The Morgan fingerprint density at radius 2 is 1.89 bits per heavy atom. The van der Waals surface area contributed by atoms with Gasteiger partial charge in [-0.25, -0.2) is 0 Å². The molecule has 3 heteroatoms. The van der Waals surface area contributed by atoms with E-state index in [-0.39, 0.29) is 5.91 Å². The van der Waals surface area contributed by atoms with Crippen LogP contribution in [0.5, 0.6) is 0 Å². The highest BCUT2D eigenvalue weighted by atomic mass is 35.5. The summed E-state index contributed by atoms with van der Waals surface area (Å²) < 4.78 is 0. The Labute approximate surface area is 117 Å². The fourth-order valence-electron chi connectivity index (χ4n) is 1.59. The van der Waals surface area contributed by atoms with Crippen LogP contribution in [-0.4, -0.2) is 5.91 Å². The molecule has 0 saturated heterocycles. The van der Waals surface area contributed by atoms with E-state index in [9.17, 15) is 4.79 Å². The van der Waals surface area contributed by atoms with Gasteiger partial charge in [-0.1, -0.05) is 41.9 Å². The molecule has 0 bridgehead atoms. The standard InChI is InChI=1S/C16H14ClNO/c1-12-7-8-13(11-15(12)17)9-10-16(19)18-14-5-3-2-4-6-14/h2-11H,1H3,(H,18,19)/b10-9+. The molecular formula is C16H14ClNO. The van der Waals surface area contributed by atoms with Gasteiger partial charge in [-0.05, 0) is 42.3 Å². The molecule has 2 aromatic rings. The van der Waals surface area contributed by atoms with Crippen molar-refractivity contribution in [2.24, 2.45) is 0 Å². The van der Waals surface area contributed by atoms with Gasteiger partial charge in [0, 0.05) is 16.8 Å². The van der Waals surface area contributed by atoms with Crippen LogP contribution in [0, 0.1) is 6.92 Å². The summed E-state index contributed by atoms with van der Waals surface area (Å²) in [7, 11) is 0. The highest BCUT2D eigenvalue weighted by Crippen LogP contribution is 2.17. The molecule has 0 fully saturated rings. The number of anilines is 1. The smallest absolute Gasteiger partial charge is 0.248 e. The van der Waals surface area contributed by atoms with E-state index >= 15 is 0 Å². The maximum absolute atomic E-state index is 11.7. The molecule has 2 rings (SSSR count). The minimum absolute atomic E-state index is 0.164. The number of carbonyl (C=O) groups excluding carboxylic acids is 1. The third-order valence-electron chi connectivity index (χ3n) is 2.66. The van der Waals surface area contributed by atoms with Gasteiger partial charge in [0.15, 0.2) is 0 Å². The van der Waals surface area contributed by atoms with Gasteiger partial charge in [0.2, 0.25) is 5.91 Å². The number of hydrogen-bond acceptors (Lipinski definition) is 1. The van der Waals surface area contributed by atoms with Crippen molar-refractivity contribution in [3.05, 3.63) is 70.8 Å². The molecule has 0 aromatic heterocycles. The Morgan fingerprint density at radius 3 is 2.58 bits per heavy atom. The Kier molecular flexibility index (Phi) is 4.37. The van der Waals surface area contributed by atoms with Crippen LogP contribution in [0.4, 0.5) is 5.69 Å². The fraction of sp³-hybridized carbons (Fsp3) is 0.0625. The molecule has 0 aliphatic rings. The molecule has 0 spiro atoms. The average Bonchev–Trinajstić information content (AvgIpc) is 2.41. The molecule has 1 amide bonds. The summed E-state index contributed by atoms with van der Waals surface area (Å²) in [5.41, 5.74) is 2.70. The minimum Gasteiger partial charge on any atom is -0.323 e. The van der Waals surface area contributed by atoms with Crippen LogP contribution < -0.4 is 5.32 Å². The van der Waals surface area contributed by atoms with Crippen LogP contribution >= 0.6 is 11.6 Å².